The minimum Gasteiger partial charge on any atom is -0.424 e. The number of ketones is 1. The van der Waals surface area contributed by atoms with E-state index in [4.69, 9.17) is 4.74 Å². The van der Waals surface area contributed by atoms with Gasteiger partial charge in [-0.05, 0) is 32.4 Å². The molecule has 7 heteroatoms. The fourth-order valence-corrected chi connectivity index (χ4v) is 4.83. The maximum atomic E-state index is 13.4. The molecule has 0 aliphatic heterocycles. The predicted molar refractivity (Wildman–Crippen MR) is 122 cm³/mol. The quantitative estimate of drug-likeness (QED) is 0.435. The van der Waals surface area contributed by atoms with Crippen molar-refractivity contribution in [2.75, 3.05) is 13.6 Å². The highest BCUT2D eigenvalue weighted by atomic mass is 16.5. The molecule has 7 nitrogen and oxygen atoms in total. The molecule has 0 bridgehead atoms. The van der Waals surface area contributed by atoms with Gasteiger partial charge < -0.3 is 14.6 Å². The van der Waals surface area contributed by atoms with Crippen molar-refractivity contribution in [2.45, 2.75) is 46.4 Å². The molecule has 2 atom stereocenters. The number of nitrogens with zero attached hydrogens (tertiary/aromatic N) is 3. The summed E-state index contributed by atoms with van der Waals surface area (Å²) in [6.45, 7) is 5.41. The van der Waals surface area contributed by atoms with Gasteiger partial charge in [-0.1, -0.05) is 25.1 Å². The molecule has 170 valence electrons. The summed E-state index contributed by atoms with van der Waals surface area (Å²) in [4.78, 5) is 25.8. The van der Waals surface area contributed by atoms with E-state index in [2.05, 4.69) is 33.6 Å². The number of carbonyl (C=O) groups is 2. The molecule has 1 aliphatic carbocycles. The molecule has 1 aliphatic rings. The van der Waals surface area contributed by atoms with Gasteiger partial charge in [-0.25, -0.2) is 4.57 Å². The number of aryl methyl sites for hydroxylation is 1. The zero-order chi connectivity index (χ0) is 22.8. The molecular formula is C25H33N4O3+. The van der Waals surface area contributed by atoms with Gasteiger partial charge >= 0.3 is 5.97 Å². The van der Waals surface area contributed by atoms with Crippen LogP contribution in [0, 0.1) is 18.8 Å². The van der Waals surface area contributed by atoms with E-state index >= 15 is 0 Å². The largest absolute Gasteiger partial charge is 0.424 e. The van der Waals surface area contributed by atoms with E-state index in [0.717, 1.165) is 47.2 Å². The first-order valence-corrected chi connectivity index (χ1v) is 11.4. The average molecular weight is 438 g/mol. The Labute approximate surface area is 189 Å². The van der Waals surface area contributed by atoms with Gasteiger partial charge in [0.15, 0.2) is 5.78 Å². The third kappa shape index (κ3) is 3.97. The Morgan fingerprint density at radius 1 is 1.34 bits per heavy atom. The first-order chi connectivity index (χ1) is 15.5. The second kappa shape index (κ2) is 9.28. The van der Waals surface area contributed by atoms with E-state index in [-0.39, 0.29) is 30.3 Å². The van der Waals surface area contributed by atoms with Crippen molar-refractivity contribution < 1.29 is 18.9 Å². The number of rotatable bonds is 8. The zero-order valence-corrected chi connectivity index (χ0v) is 19.4. The second-order valence-electron chi connectivity index (χ2n) is 8.72. The molecule has 0 fully saturated rings. The minimum atomic E-state index is -0.188. The molecule has 1 aromatic carbocycles. The van der Waals surface area contributed by atoms with Crippen LogP contribution in [0.5, 0.6) is 0 Å². The van der Waals surface area contributed by atoms with Gasteiger partial charge in [-0.2, -0.15) is 4.57 Å². The molecule has 4 rings (SSSR count). The maximum Gasteiger partial charge on any atom is 0.313 e. The highest BCUT2D eigenvalue weighted by molar-refractivity contribution is 6.11. The smallest absolute Gasteiger partial charge is 0.313 e. The monoisotopic (exact) mass is 437 g/mol. The fourth-order valence-electron chi connectivity index (χ4n) is 4.83. The van der Waals surface area contributed by atoms with Crippen LogP contribution >= 0.6 is 0 Å². The SMILES string of the molecule is CCC(CNC)C(=O)OC[n+]1ccn(CC2CCc3c(c4ccccc4n3C)C2=O)c1C. The number of imidazole rings is 1. The number of carbonyl (C=O) groups excluding carboxylic acids is 2. The highest BCUT2D eigenvalue weighted by Gasteiger charge is 2.34. The summed E-state index contributed by atoms with van der Waals surface area (Å²) in [7, 11) is 3.89. The van der Waals surface area contributed by atoms with Crippen LogP contribution in [0.3, 0.4) is 0 Å². The van der Waals surface area contributed by atoms with Crippen LogP contribution in [-0.2, 0) is 36.3 Å². The van der Waals surface area contributed by atoms with Crippen molar-refractivity contribution in [1.29, 1.82) is 0 Å². The number of Topliss-reactive ketones (excluding diaryl/α,β-unsaturated/α-hetero) is 1. The van der Waals surface area contributed by atoms with Crippen molar-refractivity contribution in [3.63, 3.8) is 0 Å². The standard InChI is InChI=1S/C25H33N4O3/c1-5-18(14-26-3)25(31)32-16-29-13-12-28(17(29)2)15-19-10-11-22-23(24(19)30)20-8-6-7-9-21(20)27(22)4/h6-9,12-13,18-19,26H,5,10-11,14-16H2,1-4H3/q+1. The topological polar surface area (TPSA) is 69.1 Å². The Bertz CT molecular complexity index is 1140. The van der Waals surface area contributed by atoms with Crippen molar-refractivity contribution in [3.8, 4) is 0 Å². The van der Waals surface area contributed by atoms with Crippen molar-refractivity contribution in [1.82, 2.24) is 14.5 Å². The molecule has 0 saturated heterocycles. The van der Waals surface area contributed by atoms with Gasteiger partial charge in [-0.3, -0.25) is 9.59 Å². The lowest BCUT2D eigenvalue weighted by Crippen LogP contribution is -2.40. The van der Waals surface area contributed by atoms with Gasteiger partial charge in [0.05, 0.1) is 11.8 Å². The van der Waals surface area contributed by atoms with Gasteiger partial charge in [0.25, 0.3) is 5.82 Å². The zero-order valence-electron chi connectivity index (χ0n) is 19.4. The molecular weight excluding hydrogens is 404 g/mol. The Hall–Kier alpha value is -2.93. The van der Waals surface area contributed by atoms with E-state index in [1.165, 1.54) is 0 Å². The summed E-state index contributed by atoms with van der Waals surface area (Å²) in [5, 5.41) is 4.09. The summed E-state index contributed by atoms with van der Waals surface area (Å²) < 4.78 is 11.7. The van der Waals surface area contributed by atoms with Crippen LogP contribution in [-0.4, -0.2) is 34.5 Å². The van der Waals surface area contributed by atoms with E-state index in [9.17, 15) is 9.59 Å². The second-order valence-corrected chi connectivity index (χ2v) is 8.72. The molecule has 0 radical (unpaired) electrons. The molecule has 0 saturated carbocycles. The lowest BCUT2D eigenvalue weighted by atomic mass is 9.85. The normalized spacial score (nSPS) is 16.9. The van der Waals surface area contributed by atoms with Crippen LogP contribution in [0.1, 0.15) is 41.6 Å². The number of fused-ring (bicyclic) bond motifs is 3. The number of para-hydroxylation sites is 1. The number of nitrogens with one attached hydrogen (secondary N) is 1. The first kappa shape index (κ1) is 22.3. The van der Waals surface area contributed by atoms with Gasteiger partial charge in [-0.15, -0.1) is 0 Å². The van der Waals surface area contributed by atoms with E-state index < -0.39 is 0 Å². The summed E-state index contributed by atoms with van der Waals surface area (Å²) in [6.07, 6.45) is 6.37. The number of esters is 1. The van der Waals surface area contributed by atoms with Gasteiger partial charge in [0.1, 0.15) is 18.9 Å². The lowest BCUT2D eigenvalue weighted by Gasteiger charge is -2.21. The average Bonchev–Trinajstić information content (AvgIpc) is 3.30. The van der Waals surface area contributed by atoms with E-state index in [1.54, 1.807) is 0 Å². The summed E-state index contributed by atoms with van der Waals surface area (Å²) in [6, 6.07) is 8.15. The molecule has 32 heavy (non-hydrogen) atoms. The van der Waals surface area contributed by atoms with Crippen LogP contribution in [0.25, 0.3) is 10.9 Å². The van der Waals surface area contributed by atoms with Crippen molar-refractivity contribution >= 4 is 22.7 Å². The van der Waals surface area contributed by atoms with Crippen LogP contribution in [0.2, 0.25) is 0 Å². The van der Waals surface area contributed by atoms with Gasteiger partial charge in [0.2, 0.25) is 6.73 Å². The first-order valence-electron chi connectivity index (χ1n) is 11.4. The highest BCUT2D eigenvalue weighted by Crippen LogP contribution is 2.34. The Morgan fingerprint density at radius 3 is 2.88 bits per heavy atom. The van der Waals surface area contributed by atoms with Gasteiger partial charge in [0, 0.05) is 42.7 Å². The van der Waals surface area contributed by atoms with Crippen molar-refractivity contribution in [2.24, 2.45) is 18.9 Å². The Kier molecular flexibility index (Phi) is 6.46. The molecule has 2 heterocycles. The van der Waals surface area contributed by atoms with E-state index in [1.807, 2.05) is 50.0 Å². The van der Waals surface area contributed by atoms with Crippen molar-refractivity contribution in [3.05, 3.63) is 53.7 Å². The third-order valence-electron chi connectivity index (χ3n) is 6.87. The number of hydrogen-bond donors (Lipinski definition) is 1. The molecule has 1 N–H and O–H groups in total. The summed E-state index contributed by atoms with van der Waals surface area (Å²) >= 11 is 0. The van der Waals surface area contributed by atoms with Crippen LogP contribution in [0.15, 0.2) is 36.7 Å². The number of benzene rings is 1. The summed E-state index contributed by atoms with van der Waals surface area (Å²) in [5.41, 5.74) is 3.15. The number of aromatic nitrogens is 3. The predicted octanol–water partition coefficient (Wildman–Crippen LogP) is 2.77. The Morgan fingerprint density at radius 2 is 2.12 bits per heavy atom. The molecule has 2 unspecified atom stereocenters. The third-order valence-corrected chi connectivity index (χ3v) is 6.87. The molecule has 2 aromatic heterocycles. The Balaban J connectivity index is 1.47. The van der Waals surface area contributed by atoms with Crippen LogP contribution < -0.4 is 9.88 Å². The maximum absolute atomic E-state index is 13.4. The van der Waals surface area contributed by atoms with E-state index in [0.29, 0.717) is 13.1 Å². The molecule has 0 spiro atoms. The molecule has 0 amide bonds. The number of hydrogen-bond acceptors (Lipinski definition) is 4. The summed E-state index contributed by atoms with van der Waals surface area (Å²) in [5.74, 6) is 0.809. The fraction of sp³-hybridized carbons (Fsp3) is 0.480. The minimum absolute atomic E-state index is 0.0597. The van der Waals surface area contributed by atoms with Crippen LogP contribution in [0.4, 0.5) is 0 Å². The molecule has 3 aromatic rings. The number of ether oxygens (including phenoxy) is 1. The lowest BCUT2D eigenvalue weighted by molar-refractivity contribution is -0.732.